The molecule has 7 heteroatoms. The molecule has 0 fully saturated rings. The second-order valence-corrected chi connectivity index (χ2v) is 11.9. The number of pyridine rings is 3. The molecule has 0 aliphatic rings. The Balaban J connectivity index is 1.23. The van der Waals surface area contributed by atoms with Crippen LogP contribution in [0.4, 0.5) is 0 Å². The van der Waals surface area contributed by atoms with E-state index in [-0.39, 0.29) is 0 Å². The van der Waals surface area contributed by atoms with Gasteiger partial charge in [-0.1, -0.05) is 73.7 Å². The maximum atomic E-state index is 5.28. The fourth-order valence-electron chi connectivity index (χ4n) is 6.64. The van der Waals surface area contributed by atoms with E-state index < -0.39 is 0 Å². The molecule has 5 aromatic heterocycles. The summed E-state index contributed by atoms with van der Waals surface area (Å²) in [6, 6.07) is 41.5. The average Bonchev–Trinajstić information content (AvgIpc) is 3.57. The zero-order valence-electron chi connectivity index (χ0n) is 26.7. The number of rotatable bonds is 6. The number of imidazole rings is 1. The molecule has 7 nitrogen and oxygen atoms in total. The van der Waals surface area contributed by atoms with Gasteiger partial charge in [-0.25, -0.2) is 19.9 Å². The summed E-state index contributed by atoms with van der Waals surface area (Å²) in [6.45, 7) is 2.15. The van der Waals surface area contributed by atoms with Crippen LogP contribution >= 0.6 is 0 Å². The summed E-state index contributed by atoms with van der Waals surface area (Å²) in [7, 11) is 0. The Hall–Kier alpha value is -6.60. The number of nitrogens with zero attached hydrogens (tertiary/aromatic N) is 7. The highest BCUT2D eigenvalue weighted by molar-refractivity contribution is 6.19. The number of hydrogen-bond donors (Lipinski definition) is 0. The smallest absolute Gasteiger partial charge is 0.160 e. The van der Waals surface area contributed by atoms with Crippen molar-refractivity contribution in [2.75, 3.05) is 0 Å². The van der Waals surface area contributed by atoms with Crippen molar-refractivity contribution in [3.05, 3.63) is 152 Å². The van der Waals surface area contributed by atoms with Crippen molar-refractivity contribution in [2.24, 2.45) is 0 Å². The van der Waals surface area contributed by atoms with Crippen LogP contribution < -0.4 is 0 Å². The Morgan fingerprint density at radius 3 is 1.84 bits per heavy atom. The van der Waals surface area contributed by atoms with Crippen molar-refractivity contribution < 1.29 is 0 Å². The highest BCUT2D eigenvalue weighted by atomic mass is 15.1. The van der Waals surface area contributed by atoms with Gasteiger partial charge in [0.25, 0.3) is 0 Å². The molecule has 0 aliphatic carbocycles. The molecule has 4 aromatic carbocycles. The molecule has 0 aliphatic heterocycles. The first-order valence-corrected chi connectivity index (χ1v) is 16.3. The molecule has 0 spiro atoms. The molecule has 0 unspecified atom stereocenters. The summed E-state index contributed by atoms with van der Waals surface area (Å²) in [5, 5.41) is 3.29. The van der Waals surface area contributed by atoms with Gasteiger partial charge in [0.2, 0.25) is 0 Å². The lowest BCUT2D eigenvalue weighted by Crippen LogP contribution is -1.99. The molecule has 0 saturated carbocycles. The summed E-state index contributed by atoms with van der Waals surface area (Å²) >= 11 is 0. The molecule has 232 valence electrons. The molecule has 0 saturated heterocycles. The van der Waals surface area contributed by atoms with E-state index in [9.17, 15) is 0 Å². The van der Waals surface area contributed by atoms with Gasteiger partial charge in [0.15, 0.2) is 5.82 Å². The normalized spacial score (nSPS) is 11.4. The van der Waals surface area contributed by atoms with Crippen molar-refractivity contribution in [3.63, 3.8) is 0 Å². The maximum absolute atomic E-state index is 5.28. The van der Waals surface area contributed by atoms with Crippen LogP contribution in [-0.4, -0.2) is 34.5 Å². The molecular weight excluding hydrogens is 603 g/mol. The molecule has 9 aromatic rings. The largest absolute Gasteiger partial charge is 0.296 e. The SMILES string of the molecule is CCc1nc2c3c(-c4ccc(-c5nc(-c6ccncc6)cc(-c6ccncc6)n5)cc4)nc4ccccc4c3ccc2n1-c1ccccc1. The van der Waals surface area contributed by atoms with E-state index in [1.54, 1.807) is 24.8 Å². The minimum atomic E-state index is 0.639. The van der Waals surface area contributed by atoms with Crippen LogP contribution in [0.3, 0.4) is 0 Å². The van der Waals surface area contributed by atoms with E-state index in [2.05, 4.69) is 100 Å². The molecule has 49 heavy (non-hydrogen) atoms. The molecule has 9 rings (SSSR count). The van der Waals surface area contributed by atoms with Gasteiger partial charge in [0, 0.05) is 69.9 Å². The fourth-order valence-corrected chi connectivity index (χ4v) is 6.64. The Morgan fingerprint density at radius 1 is 0.531 bits per heavy atom. The molecular formula is C42H29N7. The van der Waals surface area contributed by atoms with Crippen molar-refractivity contribution in [3.8, 4) is 50.8 Å². The summed E-state index contributed by atoms with van der Waals surface area (Å²) in [6.07, 6.45) is 7.92. The van der Waals surface area contributed by atoms with Gasteiger partial charge in [-0.3, -0.25) is 14.5 Å². The molecule has 0 radical (unpaired) electrons. The number of benzene rings is 4. The monoisotopic (exact) mass is 631 g/mol. The van der Waals surface area contributed by atoms with Crippen LogP contribution in [0.25, 0.3) is 83.6 Å². The predicted octanol–water partition coefficient (Wildman–Crippen LogP) is 9.54. The zero-order valence-corrected chi connectivity index (χ0v) is 26.7. The number of fused-ring (bicyclic) bond motifs is 5. The second kappa shape index (κ2) is 11.9. The van der Waals surface area contributed by atoms with Crippen molar-refractivity contribution >= 4 is 32.7 Å². The first-order chi connectivity index (χ1) is 24.2. The maximum Gasteiger partial charge on any atom is 0.160 e. The number of aromatic nitrogens is 7. The molecule has 0 bridgehead atoms. The Bertz CT molecular complexity index is 2560. The van der Waals surface area contributed by atoms with Crippen LogP contribution in [0.1, 0.15) is 12.7 Å². The van der Waals surface area contributed by atoms with Crippen molar-refractivity contribution in [2.45, 2.75) is 13.3 Å². The highest BCUT2D eigenvalue weighted by Crippen LogP contribution is 2.39. The summed E-state index contributed by atoms with van der Waals surface area (Å²) in [5.41, 5.74) is 10.5. The number of para-hydroxylation sites is 2. The van der Waals surface area contributed by atoms with Gasteiger partial charge >= 0.3 is 0 Å². The van der Waals surface area contributed by atoms with Crippen LogP contribution in [0.2, 0.25) is 0 Å². The van der Waals surface area contributed by atoms with E-state index in [0.29, 0.717) is 5.82 Å². The van der Waals surface area contributed by atoms with Crippen LogP contribution in [0.5, 0.6) is 0 Å². The second-order valence-electron chi connectivity index (χ2n) is 11.9. The Morgan fingerprint density at radius 2 is 1.16 bits per heavy atom. The third-order valence-corrected chi connectivity index (χ3v) is 8.99. The number of hydrogen-bond acceptors (Lipinski definition) is 6. The van der Waals surface area contributed by atoms with E-state index in [1.807, 2.05) is 42.5 Å². The fraction of sp³-hybridized carbons (Fsp3) is 0.0476. The van der Waals surface area contributed by atoms with Crippen molar-refractivity contribution in [1.29, 1.82) is 0 Å². The average molecular weight is 632 g/mol. The topological polar surface area (TPSA) is 82.3 Å². The van der Waals surface area contributed by atoms with Gasteiger partial charge in [-0.15, -0.1) is 0 Å². The Kier molecular flexibility index (Phi) is 6.94. The van der Waals surface area contributed by atoms with Gasteiger partial charge in [-0.05, 0) is 60.0 Å². The minimum Gasteiger partial charge on any atom is -0.296 e. The minimum absolute atomic E-state index is 0.639. The van der Waals surface area contributed by atoms with Crippen LogP contribution in [0.15, 0.2) is 146 Å². The quantitative estimate of drug-likeness (QED) is 0.170. The first-order valence-electron chi connectivity index (χ1n) is 16.3. The van der Waals surface area contributed by atoms with Gasteiger partial charge in [-0.2, -0.15) is 0 Å². The lowest BCUT2D eigenvalue weighted by Gasteiger charge is -2.13. The standard InChI is InChI=1S/C42H29N7/c1-2-38-48-41-37(49(38)31-8-4-3-5-9-31)17-16-33-32-10-6-7-11-34(32)45-40(39(33)41)29-12-14-30(15-13-29)42-46-35(27-18-22-43-23-19-27)26-36(47-42)28-20-24-44-25-21-28/h3-26H,2H2,1H3. The predicted molar refractivity (Wildman–Crippen MR) is 196 cm³/mol. The van der Waals surface area contributed by atoms with Crippen LogP contribution in [0, 0.1) is 0 Å². The Labute approximate surface area is 282 Å². The third kappa shape index (κ3) is 5.00. The molecule has 0 N–H and O–H groups in total. The lowest BCUT2D eigenvalue weighted by molar-refractivity contribution is 0.908. The van der Waals surface area contributed by atoms with Crippen molar-refractivity contribution in [1.82, 2.24) is 34.5 Å². The van der Waals surface area contributed by atoms with Gasteiger partial charge < -0.3 is 0 Å². The third-order valence-electron chi connectivity index (χ3n) is 8.99. The summed E-state index contributed by atoms with van der Waals surface area (Å²) in [5.74, 6) is 1.65. The van der Waals surface area contributed by atoms with Crippen LogP contribution in [-0.2, 0) is 6.42 Å². The molecule has 5 heterocycles. The summed E-state index contributed by atoms with van der Waals surface area (Å²) in [4.78, 5) is 28.9. The summed E-state index contributed by atoms with van der Waals surface area (Å²) < 4.78 is 2.27. The highest BCUT2D eigenvalue weighted by Gasteiger charge is 2.20. The van der Waals surface area contributed by atoms with Gasteiger partial charge in [0.1, 0.15) is 5.82 Å². The molecule has 0 amide bonds. The van der Waals surface area contributed by atoms with E-state index in [4.69, 9.17) is 19.9 Å². The van der Waals surface area contributed by atoms with E-state index in [0.717, 1.165) is 90.0 Å². The number of aryl methyl sites for hydroxylation is 1. The lowest BCUT2D eigenvalue weighted by atomic mass is 9.98. The zero-order chi connectivity index (χ0) is 32.7. The van der Waals surface area contributed by atoms with E-state index >= 15 is 0 Å². The molecule has 0 atom stereocenters. The first kappa shape index (κ1) is 28.6. The van der Waals surface area contributed by atoms with E-state index in [1.165, 1.54) is 0 Å². The van der Waals surface area contributed by atoms with Gasteiger partial charge in [0.05, 0.1) is 33.6 Å².